The van der Waals surface area contributed by atoms with Crippen LogP contribution >= 0.6 is 0 Å². The van der Waals surface area contributed by atoms with Gasteiger partial charge in [-0.2, -0.15) is 0 Å². The van der Waals surface area contributed by atoms with Crippen molar-refractivity contribution in [3.05, 3.63) is 108 Å². The Bertz CT molecular complexity index is 1270. The van der Waals surface area contributed by atoms with Crippen LogP contribution in [-0.4, -0.2) is 61.8 Å². The lowest BCUT2D eigenvalue weighted by Crippen LogP contribution is -2.55. The Morgan fingerprint density at radius 2 is 1.26 bits per heavy atom. The van der Waals surface area contributed by atoms with Crippen LogP contribution in [0.25, 0.3) is 0 Å². The number of alkyl carbamates (subject to hydrolysis) is 1. The zero-order valence-electron chi connectivity index (χ0n) is 25.1. The average Bonchev–Trinajstić information content (AvgIpc) is 3.34. The Morgan fingerprint density at radius 3 is 1.74 bits per heavy atom. The highest BCUT2D eigenvalue weighted by Gasteiger charge is 2.52. The predicted octanol–water partition coefficient (Wildman–Crippen LogP) is 5.21. The average molecular weight is 592 g/mol. The van der Waals surface area contributed by atoms with E-state index >= 15 is 0 Å². The highest BCUT2D eigenvalue weighted by Crippen LogP contribution is 2.31. The topological polar surface area (TPSA) is 102 Å². The van der Waals surface area contributed by atoms with Gasteiger partial charge < -0.3 is 33.7 Å². The number of methoxy groups -OCH3 is 1. The van der Waals surface area contributed by atoms with Gasteiger partial charge in [-0.25, -0.2) is 9.59 Å². The number of nitrogens with one attached hydrogen (secondary N) is 1. The Balaban J connectivity index is 1.61. The lowest BCUT2D eigenvalue weighted by molar-refractivity contribution is -0.151. The molecule has 1 N–H and O–H groups in total. The summed E-state index contributed by atoms with van der Waals surface area (Å²) in [6.07, 6.45) is -3.77. The molecule has 0 unspecified atom stereocenters. The Morgan fingerprint density at radius 1 is 0.767 bits per heavy atom. The van der Waals surface area contributed by atoms with Crippen molar-refractivity contribution in [2.75, 3.05) is 13.7 Å². The number of carbonyl (C=O) groups excluding carboxylic acids is 2. The number of benzene rings is 3. The fourth-order valence-electron chi connectivity index (χ4n) is 4.79. The SMILES string of the molecule is COC(=O)[C@H](NC(=O)OC(C)(C)C)[C@@H]1O[C@H](COCc2ccccc2)[C@@H](OCc2ccccc2)[C@@H]1OCc1ccccc1. The second-order valence-corrected chi connectivity index (χ2v) is 11.3. The molecule has 0 aromatic heterocycles. The molecule has 0 saturated carbocycles. The van der Waals surface area contributed by atoms with Crippen molar-refractivity contribution in [3.63, 3.8) is 0 Å². The molecule has 3 aromatic carbocycles. The van der Waals surface area contributed by atoms with Crippen molar-refractivity contribution in [2.45, 2.75) is 76.7 Å². The quantitative estimate of drug-likeness (QED) is 0.271. The largest absolute Gasteiger partial charge is 0.467 e. The lowest BCUT2D eigenvalue weighted by Gasteiger charge is -2.29. The molecule has 230 valence electrons. The van der Waals surface area contributed by atoms with Crippen LogP contribution in [0.1, 0.15) is 37.5 Å². The minimum absolute atomic E-state index is 0.163. The molecular formula is C34H41NO8. The molecule has 1 fully saturated rings. The van der Waals surface area contributed by atoms with Crippen molar-refractivity contribution in [2.24, 2.45) is 0 Å². The van der Waals surface area contributed by atoms with Crippen molar-refractivity contribution in [1.82, 2.24) is 5.32 Å². The Kier molecular flexibility index (Phi) is 11.7. The van der Waals surface area contributed by atoms with Crippen molar-refractivity contribution in [1.29, 1.82) is 0 Å². The number of rotatable bonds is 13. The summed E-state index contributed by atoms with van der Waals surface area (Å²) in [5.41, 5.74) is 2.13. The molecule has 1 amide bonds. The van der Waals surface area contributed by atoms with E-state index in [9.17, 15) is 9.59 Å². The second-order valence-electron chi connectivity index (χ2n) is 11.3. The maximum absolute atomic E-state index is 13.1. The molecule has 1 saturated heterocycles. The molecular weight excluding hydrogens is 550 g/mol. The molecule has 1 heterocycles. The summed E-state index contributed by atoms with van der Waals surface area (Å²) < 4.78 is 36.0. The van der Waals surface area contributed by atoms with Crippen molar-refractivity contribution >= 4 is 12.1 Å². The van der Waals surface area contributed by atoms with Crippen molar-refractivity contribution in [3.8, 4) is 0 Å². The summed E-state index contributed by atoms with van der Waals surface area (Å²) in [5.74, 6) is -0.697. The summed E-state index contributed by atoms with van der Waals surface area (Å²) >= 11 is 0. The van der Waals surface area contributed by atoms with E-state index in [1.807, 2.05) is 91.0 Å². The summed E-state index contributed by atoms with van der Waals surface area (Å²) in [7, 11) is 1.25. The number of esters is 1. The molecule has 9 nitrogen and oxygen atoms in total. The third kappa shape index (κ3) is 9.90. The normalized spacial score (nSPS) is 20.7. The highest BCUT2D eigenvalue weighted by atomic mass is 16.6. The molecule has 43 heavy (non-hydrogen) atoms. The van der Waals surface area contributed by atoms with Gasteiger partial charge in [0.25, 0.3) is 0 Å². The van der Waals surface area contributed by atoms with Crippen LogP contribution < -0.4 is 5.32 Å². The minimum Gasteiger partial charge on any atom is -0.467 e. The highest BCUT2D eigenvalue weighted by molar-refractivity contribution is 5.82. The molecule has 4 rings (SSSR count). The molecule has 0 spiro atoms. The standard InChI is InChI=1S/C34H41NO8/c1-34(2,3)43-33(37)35-28(32(36)38-4)30-31(41-22-26-18-12-7-13-19-26)29(40-21-25-16-10-6-11-17-25)27(42-30)23-39-20-24-14-8-5-9-15-24/h5-19,27-31H,20-23H2,1-4H3,(H,35,37)/t27-,28-,29-,30+,31+/m1/s1. The first-order chi connectivity index (χ1) is 20.7. The van der Waals surface area contributed by atoms with E-state index in [4.69, 9.17) is 28.4 Å². The van der Waals surface area contributed by atoms with E-state index in [1.165, 1.54) is 7.11 Å². The van der Waals surface area contributed by atoms with Gasteiger partial charge in [-0.15, -0.1) is 0 Å². The van der Waals surface area contributed by atoms with Gasteiger partial charge in [0.2, 0.25) is 0 Å². The van der Waals surface area contributed by atoms with Crippen molar-refractivity contribution < 1.29 is 38.0 Å². The molecule has 3 aromatic rings. The number of hydrogen-bond acceptors (Lipinski definition) is 8. The van der Waals surface area contributed by atoms with E-state index in [0.717, 1.165) is 16.7 Å². The third-order valence-electron chi connectivity index (χ3n) is 6.77. The maximum Gasteiger partial charge on any atom is 0.408 e. The molecule has 9 heteroatoms. The Labute approximate surface area is 253 Å². The zero-order valence-corrected chi connectivity index (χ0v) is 25.1. The van der Waals surface area contributed by atoms with Crippen LogP contribution in [0.2, 0.25) is 0 Å². The first-order valence-electron chi connectivity index (χ1n) is 14.4. The molecule has 0 bridgehead atoms. The summed E-state index contributed by atoms with van der Waals surface area (Å²) in [4.78, 5) is 26.0. The molecule has 1 aliphatic rings. The molecule has 0 radical (unpaired) electrons. The van der Waals surface area contributed by atoms with Gasteiger partial charge in [-0.1, -0.05) is 91.0 Å². The number of carbonyl (C=O) groups is 2. The number of ether oxygens (including phenoxy) is 6. The monoisotopic (exact) mass is 591 g/mol. The third-order valence-corrected chi connectivity index (χ3v) is 6.77. The van der Waals surface area contributed by atoms with Gasteiger partial charge in [-0.05, 0) is 37.5 Å². The van der Waals surface area contributed by atoms with E-state index in [0.29, 0.717) is 6.61 Å². The van der Waals surface area contributed by atoms with Crippen LogP contribution in [-0.2, 0) is 53.0 Å². The van der Waals surface area contributed by atoms with E-state index in [2.05, 4.69) is 5.32 Å². The predicted molar refractivity (Wildman–Crippen MR) is 160 cm³/mol. The van der Waals surface area contributed by atoms with Gasteiger partial charge in [0, 0.05) is 0 Å². The van der Waals surface area contributed by atoms with E-state index in [1.54, 1.807) is 20.8 Å². The summed E-state index contributed by atoms with van der Waals surface area (Å²) in [6.45, 7) is 6.26. The van der Waals surface area contributed by atoms with Crippen LogP contribution in [0.15, 0.2) is 91.0 Å². The van der Waals surface area contributed by atoms with Gasteiger partial charge in [0.05, 0.1) is 33.5 Å². The maximum atomic E-state index is 13.1. The second kappa shape index (κ2) is 15.6. The van der Waals surface area contributed by atoms with Crippen LogP contribution in [0.4, 0.5) is 4.79 Å². The van der Waals surface area contributed by atoms with E-state index < -0.39 is 48.1 Å². The van der Waals surface area contributed by atoms with Gasteiger partial charge in [0.15, 0.2) is 6.04 Å². The van der Waals surface area contributed by atoms with Gasteiger partial charge in [0.1, 0.15) is 30.0 Å². The van der Waals surface area contributed by atoms with Crippen LogP contribution in [0.5, 0.6) is 0 Å². The van der Waals surface area contributed by atoms with Gasteiger partial charge >= 0.3 is 12.1 Å². The van der Waals surface area contributed by atoms with Crippen LogP contribution in [0.3, 0.4) is 0 Å². The first-order valence-corrected chi connectivity index (χ1v) is 14.4. The minimum atomic E-state index is -1.23. The molecule has 1 aliphatic heterocycles. The zero-order chi connectivity index (χ0) is 30.7. The molecule has 5 atom stereocenters. The smallest absolute Gasteiger partial charge is 0.408 e. The fraction of sp³-hybridized carbons (Fsp3) is 0.412. The number of amides is 1. The van der Waals surface area contributed by atoms with Crippen LogP contribution in [0, 0.1) is 0 Å². The van der Waals surface area contributed by atoms with Gasteiger partial charge in [-0.3, -0.25) is 0 Å². The Hall–Kier alpha value is -3.76. The molecule has 0 aliphatic carbocycles. The summed E-state index contributed by atoms with van der Waals surface area (Å²) in [5, 5.41) is 2.65. The lowest BCUT2D eigenvalue weighted by atomic mass is 10.0. The fourth-order valence-corrected chi connectivity index (χ4v) is 4.79. The first kappa shape index (κ1) is 32.2. The number of hydrogen-bond donors (Lipinski definition) is 1. The summed E-state index contributed by atoms with van der Waals surface area (Å²) in [6, 6.07) is 28.0. The van der Waals surface area contributed by atoms with E-state index in [-0.39, 0.29) is 19.8 Å².